The Labute approximate surface area is 650 Å². The summed E-state index contributed by atoms with van der Waals surface area (Å²) in [5, 5.41) is 91.6. The first-order valence-electron chi connectivity index (χ1n) is 35.6. The summed E-state index contributed by atoms with van der Waals surface area (Å²) in [6.45, 7) is 34.2. The average Bonchev–Trinajstić information content (AvgIpc) is 1.50. The second-order valence-corrected chi connectivity index (χ2v) is 55.2. The third-order valence-corrected chi connectivity index (χ3v) is 27.9. The molecule has 10 rings (SSSR count). The third-order valence-electron chi connectivity index (χ3n) is 19.2. The molecule has 0 aromatic carbocycles. The van der Waals surface area contributed by atoms with Crippen molar-refractivity contribution in [3.8, 4) is 0 Å². The first-order chi connectivity index (χ1) is 49.8. The maximum atomic E-state index is 12.1. The van der Waals surface area contributed by atoms with Crippen molar-refractivity contribution in [3.05, 3.63) is 131 Å². The molecule has 5 saturated heterocycles. The van der Waals surface area contributed by atoms with E-state index in [1.165, 1.54) is 48.6 Å². The Morgan fingerprint density at radius 2 is 0.741 bits per heavy atom. The van der Waals surface area contributed by atoms with Crippen LogP contribution in [0.2, 0.25) is 0 Å². The van der Waals surface area contributed by atoms with E-state index >= 15 is 0 Å². The van der Waals surface area contributed by atoms with Crippen LogP contribution in [0.3, 0.4) is 0 Å². The van der Waals surface area contributed by atoms with E-state index in [1.54, 1.807) is 33.3 Å². The maximum Gasteiger partial charge on any atom is 0.332 e. The van der Waals surface area contributed by atoms with Crippen LogP contribution >= 0.6 is 57.0 Å². The molecule has 0 bridgehead atoms. The Bertz CT molecular complexity index is 3750. The summed E-state index contributed by atoms with van der Waals surface area (Å²) in [5.41, 5.74) is -0.889. The van der Waals surface area contributed by atoms with Crippen molar-refractivity contribution >= 4 is 112 Å². The Hall–Kier alpha value is -4.61. The van der Waals surface area contributed by atoms with E-state index in [-0.39, 0.29) is 81.9 Å². The molecular formula is C73H120IN10O19P5. The van der Waals surface area contributed by atoms with Crippen molar-refractivity contribution in [2.45, 2.75) is 154 Å². The van der Waals surface area contributed by atoms with Crippen molar-refractivity contribution in [1.29, 1.82) is 0 Å². The Balaban J connectivity index is 0.000000211. The Morgan fingerprint density at radius 1 is 0.435 bits per heavy atom. The van der Waals surface area contributed by atoms with Crippen molar-refractivity contribution in [3.63, 3.8) is 0 Å². The Kier molecular flexibility index (Phi) is 32.9. The van der Waals surface area contributed by atoms with Crippen LogP contribution in [0.5, 0.6) is 0 Å². The average molecular weight is 1720 g/mol. The molecule has 29 nitrogen and oxygen atoms in total. The maximum absolute atomic E-state index is 12.1. The predicted octanol–water partition coefficient (Wildman–Crippen LogP) is 2.42. The molecule has 20 atom stereocenters. The summed E-state index contributed by atoms with van der Waals surface area (Å²) in [7, 11) is 1.35. The molecule has 35 heteroatoms. The van der Waals surface area contributed by atoms with Gasteiger partial charge >= 0.3 is 5.69 Å². The van der Waals surface area contributed by atoms with Crippen molar-refractivity contribution < 1.29 is 83.7 Å². The molecule has 5 unspecified atom stereocenters. The van der Waals surface area contributed by atoms with E-state index < -0.39 is 126 Å². The lowest BCUT2D eigenvalue weighted by Crippen LogP contribution is -2.48. The van der Waals surface area contributed by atoms with E-state index in [4.69, 9.17) is 23.7 Å². The van der Waals surface area contributed by atoms with Gasteiger partial charge in [0, 0.05) is 74.2 Å². The van der Waals surface area contributed by atoms with Gasteiger partial charge < -0.3 is 105 Å². The summed E-state index contributed by atoms with van der Waals surface area (Å²) in [5.74, 6) is 0.540. The molecule has 4 amide bonds. The molecule has 10 heterocycles. The third kappa shape index (κ3) is 25.7. The number of carbonyl (C=O) groups is 4. The van der Waals surface area contributed by atoms with Gasteiger partial charge in [0.25, 0.3) is 29.2 Å². The second kappa shape index (κ2) is 38.5. The first kappa shape index (κ1) is 92.3. The van der Waals surface area contributed by atoms with E-state index in [1.807, 2.05) is 13.8 Å². The SMILES string of the molecule is C=C1NC(=O)C(CO)=CN1C1O[C@H](CCP(=C)(C)C)[C@@H](O)[C@H]1O.C=C1NC(=O)C=CN1C1O[C@H](CCP(=C)(C)C)[C@@H](O)[C@H]1C.C=C1NC(=O)C=CN1C1O[C@H](CCP(=C)(C)C)[C@@H](O)[C@H]1C.C=C1NC(=O)C=CN1C1O[C@H](CCP(=C)(C)C)[C@@H](O)[C@H]1I.C=P(C)(C)CC[C@H]1OC(n2ccc(=O)n(C)c2=O)[C@H](O)[C@@H]1O. The lowest BCUT2D eigenvalue weighted by molar-refractivity contribution is -0.120. The highest BCUT2D eigenvalue weighted by atomic mass is 127. The molecule has 1 aromatic heterocycles. The zero-order valence-electron chi connectivity index (χ0n) is 64.8. The fourth-order valence-corrected chi connectivity index (χ4v) is 18.5. The molecule has 9 aliphatic rings. The van der Waals surface area contributed by atoms with Crippen LogP contribution in [0.15, 0.2) is 120 Å². The highest BCUT2D eigenvalue weighted by Gasteiger charge is 2.50. The highest BCUT2D eigenvalue weighted by Crippen LogP contribution is 2.45. The number of hydrogen-bond donors (Lipinski definition) is 12. The van der Waals surface area contributed by atoms with E-state index in [0.717, 1.165) is 59.2 Å². The lowest BCUT2D eigenvalue weighted by atomic mass is 10.00. The number of ether oxygens (including phenoxy) is 5. The van der Waals surface area contributed by atoms with Gasteiger partial charge in [0.05, 0.1) is 64.9 Å². The van der Waals surface area contributed by atoms with Crippen LogP contribution in [0.25, 0.3) is 0 Å². The lowest BCUT2D eigenvalue weighted by Gasteiger charge is -2.34. The van der Waals surface area contributed by atoms with Gasteiger partial charge in [-0.2, -0.15) is 0 Å². The molecular weight excluding hydrogens is 1600 g/mol. The predicted molar refractivity (Wildman–Crippen MR) is 449 cm³/mol. The van der Waals surface area contributed by atoms with Crippen LogP contribution in [0, 0.1) is 11.8 Å². The van der Waals surface area contributed by atoms with Crippen LogP contribution in [0.4, 0.5) is 0 Å². The Morgan fingerprint density at radius 3 is 1.09 bits per heavy atom. The van der Waals surface area contributed by atoms with Crippen molar-refractivity contribution in [1.82, 2.24) is 50.0 Å². The normalized spacial score (nSPS) is 32.2. The van der Waals surface area contributed by atoms with E-state index in [2.05, 4.69) is 168 Å². The molecule has 0 radical (unpaired) electrons. The van der Waals surface area contributed by atoms with Crippen LogP contribution in [-0.2, 0) is 49.9 Å². The summed E-state index contributed by atoms with van der Waals surface area (Å²) in [6.07, 6.45) is 30.6. The summed E-state index contributed by atoms with van der Waals surface area (Å²) < 4.78 is 31.5. The summed E-state index contributed by atoms with van der Waals surface area (Å²) >= 11 is 2.20. The number of carbonyl (C=O) groups excluding carboxylic acids is 4. The standard InChI is InChI=1S/C15H25N2O5P.2C15H25N2O3P.C14H22IN2O3P.C14H23N2O5P/c1-9-16-14(21)10(8-18)7-17(9)15-13(20)12(19)11(22-15)5-6-23(2,3)4;2*1-10-14(19)12(7-9-21(3,4)5)20-15(10)17-8-6-13(18)16-11(17)2;1-9-16-11(18)5-7-17(9)14-12(15)13(19)10(20-14)6-8-21(2,3)4;1-15-10(17)5-7-16(14(15)20)13-12(19)11(18)9(21-13)6-8-22(2,3)4/h7,11-13,15,18-20H,1-2,5-6,8H2,3-4H3,(H,16,21);2*6,8,10,12,14-15,19H,2-3,7,9H2,1,4-5H3,(H,16,18);5,7,10,12-14,19H,1-2,6,8H2,3-4H3,(H,16,18);5,7,9,11-13,18-19H,2,6,8H2,1,3-4H3/t11-,12-,13-,15?;2*10-,12-,14+,15?;10-,12-,13-,14?;9-,11-,12-,13?/m11111/s1. The zero-order chi connectivity index (χ0) is 81.4. The van der Waals surface area contributed by atoms with Gasteiger partial charge in [-0.05, 0) is 130 Å². The van der Waals surface area contributed by atoms with Gasteiger partial charge in [-0.15, -0.1) is 65.9 Å². The van der Waals surface area contributed by atoms with Gasteiger partial charge in [-0.1, -0.05) is 62.8 Å². The number of aliphatic hydroxyl groups excluding tert-OH is 8. The molecule has 108 heavy (non-hydrogen) atoms. The number of halogens is 1. The number of aliphatic hydroxyl groups is 8. The van der Waals surface area contributed by atoms with Crippen molar-refractivity contribution in [2.75, 3.05) is 104 Å². The number of nitrogens with one attached hydrogen (secondary N) is 4. The highest BCUT2D eigenvalue weighted by molar-refractivity contribution is 14.1. The number of hydrogen-bond acceptors (Lipinski definition) is 23. The van der Waals surface area contributed by atoms with Crippen LogP contribution < -0.4 is 32.5 Å². The molecule has 1 aromatic rings. The van der Waals surface area contributed by atoms with Crippen LogP contribution in [-0.4, -0.2) is 331 Å². The topological polar surface area (TPSA) is 381 Å². The fourth-order valence-electron chi connectivity index (χ4n) is 12.7. The monoisotopic (exact) mass is 1720 g/mol. The van der Waals surface area contributed by atoms with Crippen molar-refractivity contribution in [2.24, 2.45) is 18.9 Å². The number of aromatic nitrogens is 2. The molecule has 12 N–H and O–H groups in total. The number of amides is 4. The van der Waals surface area contributed by atoms with Gasteiger partial charge in [0.1, 0.15) is 66.4 Å². The minimum atomic E-state index is -1.27. The first-order valence-corrected chi connectivity index (χ1v) is 52.2. The number of alkyl halides is 1. The van der Waals surface area contributed by atoms with Gasteiger partial charge in [-0.3, -0.25) is 33.1 Å². The molecule has 0 saturated carbocycles. The minimum Gasteiger partial charge on any atom is -0.391 e. The number of rotatable bonds is 21. The quantitative estimate of drug-likeness (QED) is 0.0478. The fraction of sp³-hybridized carbons (Fsp3) is 0.603. The van der Waals surface area contributed by atoms with Gasteiger partial charge in [0.2, 0.25) is 0 Å². The summed E-state index contributed by atoms with van der Waals surface area (Å²) in [4.78, 5) is 75.8. The van der Waals surface area contributed by atoms with E-state index in [0.29, 0.717) is 30.3 Å². The molecule has 9 aliphatic heterocycles. The smallest absolute Gasteiger partial charge is 0.332 e. The zero-order valence-corrected chi connectivity index (χ0v) is 71.4. The van der Waals surface area contributed by atoms with Crippen LogP contribution in [0.1, 0.15) is 52.2 Å². The minimum absolute atomic E-state index is 0.0577. The van der Waals surface area contributed by atoms with Gasteiger partial charge in [0.15, 0.2) is 12.5 Å². The second-order valence-electron chi connectivity index (χ2n) is 32.2. The molecule has 0 aliphatic carbocycles. The van der Waals surface area contributed by atoms with E-state index in [9.17, 15) is 69.6 Å². The molecule has 608 valence electrons. The number of nitrogens with zero attached hydrogens (tertiary/aromatic N) is 6. The molecule has 0 spiro atoms. The largest absolute Gasteiger partial charge is 0.391 e. The van der Waals surface area contributed by atoms with Gasteiger partial charge in [-0.25, -0.2) is 4.79 Å². The molecule has 5 fully saturated rings. The summed E-state index contributed by atoms with van der Waals surface area (Å²) in [6, 6.07) is 1.22.